The Morgan fingerprint density at radius 3 is 2.43 bits per heavy atom. The molecule has 8 nitrogen and oxygen atoms in total. The van der Waals surface area contributed by atoms with Crippen molar-refractivity contribution in [3.63, 3.8) is 0 Å². The Morgan fingerprint density at radius 1 is 1.35 bits per heavy atom. The molecule has 1 atom stereocenters. The van der Waals surface area contributed by atoms with Gasteiger partial charge in [-0.2, -0.15) is 0 Å². The van der Waals surface area contributed by atoms with E-state index in [0.29, 0.717) is 31.0 Å². The maximum Gasteiger partial charge on any atom is 0.410 e. The van der Waals surface area contributed by atoms with Gasteiger partial charge in [0.05, 0.1) is 23.6 Å². The zero-order chi connectivity index (χ0) is 17.8. The highest BCUT2D eigenvalue weighted by molar-refractivity contribution is 5.68. The first-order valence-electron chi connectivity index (χ1n) is 8.03. The highest BCUT2D eigenvalue weighted by Gasteiger charge is 2.32. The number of carbonyl (C=O) groups excluding carboxylic acids is 1. The molecule has 1 rings (SSSR count). The molecule has 8 heteroatoms. The van der Waals surface area contributed by atoms with Crippen LogP contribution in [0.4, 0.5) is 4.79 Å². The standard InChI is InChI=1S/C15H30N4O4/c1-8-18(14(2,3)4)19(21)16-23-12-9-10-17(11-12)13(20)22-15(5,6)7/h12H,8-11H2,1-7H3/b19-16-/t12-/m1/s1. The summed E-state index contributed by atoms with van der Waals surface area (Å²) in [7, 11) is 0. The van der Waals surface area contributed by atoms with Crippen molar-refractivity contribution in [3.8, 4) is 0 Å². The van der Waals surface area contributed by atoms with Crippen LogP contribution < -0.4 is 0 Å². The number of nitrogens with zero attached hydrogens (tertiary/aromatic N) is 4. The Balaban J connectivity index is 2.55. The second-order valence-electron chi connectivity index (χ2n) is 7.66. The molecule has 1 fully saturated rings. The molecule has 1 aliphatic heterocycles. The fourth-order valence-electron chi connectivity index (χ4n) is 2.31. The number of hydrazine groups is 1. The molecule has 1 heterocycles. The van der Waals surface area contributed by atoms with Gasteiger partial charge < -0.3 is 19.7 Å². The summed E-state index contributed by atoms with van der Waals surface area (Å²) in [6, 6.07) is 0. The number of ether oxygens (including phenoxy) is 1. The van der Waals surface area contributed by atoms with Crippen LogP contribution in [0, 0.1) is 5.21 Å². The maximum atomic E-state index is 12.0. The lowest BCUT2D eigenvalue weighted by atomic mass is 10.1. The molecule has 0 aromatic rings. The summed E-state index contributed by atoms with van der Waals surface area (Å²) < 4.78 is 5.32. The van der Waals surface area contributed by atoms with E-state index in [1.807, 2.05) is 48.5 Å². The van der Waals surface area contributed by atoms with Crippen molar-refractivity contribution in [3.05, 3.63) is 5.21 Å². The first-order valence-corrected chi connectivity index (χ1v) is 8.03. The van der Waals surface area contributed by atoms with E-state index in [-0.39, 0.29) is 17.7 Å². The topological polar surface area (TPSA) is 80.4 Å². The van der Waals surface area contributed by atoms with Gasteiger partial charge in [-0.15, -0.1) is 5.01 Å². The number of hydrogen-bond acceptors (Lipinski definition) is 5. The Kier molecular flexibility index (Phi) is 6.07. The van der Waals surface area contributed by atoms with Crippen molar-refractivity contribution < 1.29 is 19.3 Å². The zero-order valence-electron chi connectivity index (χ0n) is 15.3. The Labute approximate surface area is 138 Å². The predicted molar refractivity (Wildman–Crippen MR) is 85.5 cm³/mol. The molecule has 1 saturated heterocycles. The summed E-state index contributed by atoms with van der Waals surface area (Å²) in [5, 5.41) is 17.2. The number of amides is 1. The number of likely N-dealkylation sites (tertiary alicyclic amines) is 1. The molecule has 0 radical (unpaired) electrons. The van der Waals surface area contributed by atoms with E-state index in [1.54, 1.807) is 9.91 Å². The van der Waals surface area contributed by atoms with Crippen molar-refractivity contribution >= 4 is 6.09 Å². The van der Waals surface area contributed by atoms with Gasteiger partial charge in [0.1, 0.15) is 5.60 Å². The molecule has 0 spiro atoms. The highest BCUT2D eigenvalue weighted by Crippen LogP contribution is 2.18. The number of hydrogen-bond donors (Lipinski definition) is 0. The van der Waals surface area contributed by atoms with Gasteiger partial charge in [-0.25, -0.2) is 4.79 Å². The van der Waals surface area contributed by atoms with Crippen molar-refractivity contribution in [1.82, 2.24) is 9.91 Å². The van der Waals surface area contributed by atoms with E-state index in [9.17, 15) is 10.0 Å². The Morgan fingerprint density at radius 2 is 1.96 bits per heavy atom. The summed E-state index contributed by atoms with van der Waals surface area (Å²) in [6.45, 7) is 14.6. The summed E-state index contributed by atoms with van der Waals surface area (Å²) in [5.41, 5.74) is -0.873. The lowest BCUT2D eigenvalue weighted by Crippen LogP contribution is -2.45. The molecule has 134 valence electrons. The second kappa shape index (κ2) is 7.23. The first-order chi connectivity index (χ1) is 10.4. The fraction of sp³-hybridized carbons (Fsp3) is 0.933. The predicted octanol–water partition coefficient (Wildman–Crippen LogP) is 2.93. The lowest BCUT2D eigenvalue weighted by molar-refractivity contribution is -0.725. The minimum atomic E-state index is -0.527. The molecule has 0 aromatic heterocycles. The smallest absolute Gasteiger partial charge is 0.410 e. The van der Waals surface area contributed by atoms with Crippen LogP contribution in [0.3, 0.4) is 0 Å². The molecule has 0 aromatic carbocycles. The van der Waals surface area contributed by atoms with E-state index in [1.165, 1.54) is 0 Å². The van der Waals surface area contributed by atoms with E-state index < -0.39 is 5.60 Å². The molecule has 23 heavy (non-hydrogen) atoms. The van der Waals surface area contributed by atoms with Crippen LogP contribution in [0.5, 0.6) is 0 Å². The van der Waals surface area contributed by atoms with Crippen LogP contribution in [0.25, 0.3) is 0 Å². The minimum absolute atomic E-state index is 0.294. The maximum absolute atomic E-state index is 12.0. The molecule has 1 aliphatic rings. The first kappa shape index (κ1) is 19.3. The number of rotatable bonds is 4. The summed E-state index contributed by atoms with van der Waals surface area (Å²) in [4.78, 5) is 19.3. The van der Waals surface area contributed by atoms with E-state index >= 15 is 0 Å². The summed E-state index contributed by atoms with van der Waals surface area (Å²) >= 11 is 0. The van der Waals surface area contributed by atoms with Gasteiger partial charge in [0.2, 0.25) is 5.28 Å². The van der Waals surface area contributed by atoms with Crippen molar-refractivity contribution in [2.75, 3.05) is 19.6 Å². The third-order valence-electron chi connectivity index (χ3n) is 3.34. The van der Waals surface area contributed by atoms with Gasteiger partial charge in [-0.05, 0) is 48.5 Å². The molecule has 0 N–H and O–H groups in total. The van der Waals surface area contributed by atoms with Crippen molar-refractivity contribution in [2.45, 2.75) is 72.1 Å². The fourth-order valence-corrected chi connectivity index (χ4v) is 2.31. The largest absolute Gasteiger partial charge is 0.569 e. The normalized spacial score (nSPS) is 19.7. The van der Waals surface area contributed by atoms with Gasteiger partial charge >= 0.3 is 6.09 Å². The SMILES string of the molecule is CCN(/[N+]([O-])=N/O[C@@H]1CCN(C(=O)OC(C)(C)C)C1)C(C)(C)C. The molecule has 0 unspecified atom stereocenters. The average Bonchev–Trinajstić information content (AvgIpc) is 2.82. The van der Waals surface area contributed by atoms with Gasteiger partial charge in [0.15, 0.2) is 6.10 Å². The van der Waals surface area contributed by atoms with Crippen molar-refractivity contribution in [2.24, 2.45) is 5.28 Å². The van der Waals surface area contributed by atoms with Gasteiger partial charge in [0, 0.05) is 13.0 Å². The molecule has 0 saturated carbocycles. The van der Waals surface area contributed by atoms with Crippen LogP contribution in [-0.2, 0) is 9.57 Å². The van der Waals surface area contributed by atoms with Crippen LogP contribution in [0.15, 0.2) is 5.28 Å². The van der Waals surface area contributed by atoms with Crippen LogP contribution in [-0.4, -0.2) is 57.8 Å². The number of carbonyl (C=O) groups is 1. The van der Waals surface area contributed by atoms with Gasteiger partial charge in [-0.1, -0.05) is 0 Å². The average molecular weight is 330 g/mol. The van der Waals surface area contributed by atoms with Crippen LogP contribution in [0.2, 0.25) is 0 Å². The van der Waals surface area contributed by atoms with E-state index in [2.05, 4.69) is 5.28 Å². The molecule has 0 bridgehead atoms. The third-order valence-corrected chi connectivity index (χ3v) is 3.34. The highest BCUT2D eigenvalue weighted by atomic mass is 16.7. The van der Waals surface area contributed by atoms with Crippen molar-refractivity contribution in [1.29, 1.82) is 0 Å². The summed E-state index contributed by atoms with van der Waals surface area (Å²) in [6.07, 6.45) is -0.0387. The molecular weight excluding hydrogens is 300 g/mol. The zero-order valence-corrected chi connectivity index (χ0v) is 15.3. The molecular formula is C15H30N4O4. The van der Waals surface area contributed by atoms with Crippen LogP contribution in [0.1, 0.15) is 54.9 Å². The van der Waals surface area contributed by atoms with Crippen LogP contribution >= 0.6 is 0 Å². The monoisotopic (exact) mass is 330 g/mol. The summed E-state index contributed by atoms with van der Waals surface area (Å²) in [5.74, 6) is 0. The minimum Gasteiger partial charge on any atom is -0.569 e. The van der Waals surface area contributed by atoms with E-state index in [0.717, 1.165) is 0 Å². The Bertz CT molecular complexity index is 440. The van der Waals surface area contributed by atoms with Gasteiger partial charge in [0.25, 0.3) is 0 Å². The molecule has 0 aliphatic carbocycles. The Hall–Kier alpha value is -1.73. The van der Waals surface area contributed by atoms with Gasteiger partial charge in [-0.3, -0.25) is 0 Å². The quantitative estimate of drug-likeness (QED) is 0.450. The lowest BCUT2D eigenvalue weighted by Gasteiger charge is -2.29. The third kappa shape index (κ3) is 6.11. The second-order valence-corrected chi connectivity index (χ2v) is 7.66. The van der Waals surface area contributed by atoms with E-state index in [4.69, 9.17) is 9.57 Å². The molecule has 1 amide bonds.